The molecule has 2 atom stereocenters. The Labute approximate surface area is 131 Å². The number of carbonyl (C=O) groups excluding carboxylic acids is 2. The Balaban J connectivity index is 2.46. The summed E-state index contributed by atoms with van der Waals surface area (Å²) in [5.41, 5.74) is 0. The van der Waals surface area contributed by atoms with Crippen molar-refractivity contribution in [3.05, 3.63) is 12.2 Å². The Morgan fingerprint density at radius 2 is 1.78 bits per heavy atom. The lowest BCUT2D eigenvalue weighted by atomic mass is 10.4. The molecule has 132 valence electrons. The van der Waals surface area contributed by atoms with Gasteiger partial charge in [-0.05, 0) is 0 Å². The van der Waals surface area contributed by atoms with Gasteiger partial charge in [-0.15, -0.1) is 0 Å². The quantitative estimate of drug-likeness (QED) is 0.161. The summed E-state index contributed by atoms with van der Waals surface area (Å²) >= 11 is 0. The van der Waals surface area contributed by atoms with Crippen molar-refractivity contribution >= 4 is 28.2 Å². The van der Waals surface area contributed by atoms with E-state index < -0.39 is 47.2 Å². The average Bonchev–Trinajstić information content (AvgIpc) is 2.73. The van der Waals surface area contributed by atoms with Crippen LogP contribution in [0.4, 0.5) is 0 Å². The summed E-state index contributed by atoms with van der Waals surface area (Å²) < 4.78 is 24.0. The number of phosphoric acid groups is 1. The molecule has 0 aliphatic carbocycles. The molecule has 14 heteroatoms. The number of hydrogen-bond donors (Lipinski definition) is 5. The van der Waals surface area contributed by atoms with Crippen molar-refractivity contribution in [1.29, 1.82) is 0 Å². The summed E-state index contributed by atoms with van der Waals surface area (Å²) in [6.45, 7) is -1.42. The summed E-state index contributed by atoms with van der Waals surface area (Å²) in [6.07, 6.45) is -1.36. The third kappa shape index (κ3) is 7.55. The third-order valence-corrected chi connectivity index (χ3v) is 3.40. The molecule has 23 heavy (non-hydrogen) atoms. The molecule has 1 heterocycles. The van der Waals surface area contributed by atoms with Crippen molar-refractivity contribution < 1.29 is 52.6 Å². The molecule has 2 amide bonds. The zero-order chi connectivity index (χ0) is 17.6. The van der Waals surface area contributed by atoms with Crippen molar-refractivity contribution in [3.63, 3.8) is 0 Å². The van der Waals surface area contributed by atoms with E-state index in [-0.39, 0.29) is 13.2 Å². The van der Waals surface area contributed by atoms with E-state index in [1.54, 1.807) is 0 Å². The van der Waals surface area contributed by atoms with Gasteiger partial charge < -0.3 is 33.9 Å². The smallest absolute Gasteiger partial charge is 0.366 e. The molecular weight excluding hydrogens is 360 g/mol. The second kappa shape index (κ2) is 8.90. The Morgan fingerprint density at radius 1 is 1.22 bits per heavy atom. The molecule has 1 rings (SSSR count). The maximum absolute atomic E-state index is 11.3. The SMILES string of the molecule is O=C1C=CC(=O)N1CCOC(O)C(COP(=O)(O)O)OP(O)O. The molecule has 1 aliphatic heterocycles. The highest BCUT2D eigenvalue weighted by Gasteiger charge is 2.29. The minimum atomic E-state index is -4.87. The summed E-state index contributed by atoms with van der Waals surface area (Å²) in [6, 6.07) is 0. The van der Waals surface area contributed by atoms with Gasteiger partial charge in [-0.2, -0.15) is 0 Å². The number of carbonyl (C=O) groups is 2. The number of aliphatic hydroxyl groups excluding tert-OH is 1. The van der Waals surface area contributed by atoms with Crippen LogP contribution in [-0.2, 0) is 27.9 Å². The molecule has 0 bridgehead atoms. The molecule has 0 aromatic heterocycles. The van der Waals surface area contributed by atoms with E-state index in [0.29, 0.717) is 0 Å². The Bertz CT molecular complexity index is 486. The summed E-state index contributed by atoms with van der Waals surface area (Å²) in [7, 11) is -7.83. The zero-order valence-electron chi connectivity index (χ0n) is 11.5. The molecule has 0 spiro atoms. The molecule has 5 N–H and O–H groups in total. The van der Waals surface area contributed by atoms with Gasteiger partial charge >= 0.3 is 16.4 Å². The number of ether oxygens (including phenoxy) is 1. The largest absolute Gasteiger partial charge is 0.469 e. The van der Waals surface area contributed by atoms with Gasteiger partial charge in [0.2, 0.25) is 0 Å². The highest BCUT2D eigenvalue weighted by atomic mass is 31.2. The van der Waals surface area contributed by atoms with Gasteiger partial charge in [0, 0.05) is 12.2 Å². The summed E-state index contributed by atoms with van der Waals surface area (Å²) in [5, 5.41) is 9.66. The molecule has 12 nitrogen and oxygen atoms in total. The van der Waals surface area contributed by atoms with Crippen LogP contribution in [-0.4, -0.2) is 73.5 Å². The third-order valence-electron chi connectivity index (χ3n) is 2.46. The monoisotopic (exact) mass is 375 g/mol. The lowest BCUT2D eigenvalue weighted by Crippen LogP contribution is -2.38. The van der Waals surface area contributed by atoms with Crippen molar-refractivity contribution in [2.45, 2.75) is 12.4 Å². The van der Waals surface area contributed by atoms with Gasteiger partial charge in [-0.1, -0.05) is 0 Å². The van der Waals surface area contributed by atoms with Crippen LogP contribution in [0.25, 0.3) is 0 Å². The first kappa shape index (κ1) is 20.3. The molecule has 0 radical (unpaired) electrons. The fraction of sp³-hybridized carbons (Fsp3) is 0.556. The first-order chi connectivity index (χ1) is 10.6. The minimum Gasteiger partial charge on any atom is -0.366 e. The van der Waals surface area contributed by atoms with Gasteiger partial charge in [0.05, 0.1) is 19.8 Å². The van der Waals surface area contributed by atoms with E-state index in [4.69, 9.17) is 24.3 Å². The van der Waals surface area contributed by atoms with Crippen molar-refractivity contribution in [3.8, 4) is 0 Å². The number of phosphoric ester groups is 1. The van der Waals surface area contributed by atoms with Crippen molar-refractivity contribution in [2.75, 3.05) is 19.8 Å². The summed E-state index contributed by atoms with van der Waals surface area (Å²) in [5.74, 6) is -1.11. The van der Waals surface area contributed by atoms with Crippen LogP contribution in [0, 0.1) is 0 Å². The molecule has 2 unspecified atom stereocenters. The molecule has 0 aromatic rings. The second-order valence-corrected chi connectivity index (χ2v) is 6.06. The van der Waals surface area contributed by atoms with Crippen LogP contribution in [0.5, 0.6) is 0 Å². The first-order valence-corrected chi connectivity index (χ1v) is 8.67. The van der Waals surface area contributed by atoms with Crippen LogP contribution in [0.2, 0.25) is 0 Å². The van der Waals surface area contributed by atoms with E-state index in [9.17, 15) is 19.3 Å². The molecule has 0 aromatic carbocycles. The Morgan fingerprint density at radius 3 is 2.26 bits per heavy atom. The summed E-state index contributed by atoms with van der Waals surface area (Å²) in [4.78, 5) is 58.0. The van der Waals surface area contributed by atoms with E-state index in [1.807, 2.05) is 0 Å². The lowest BCUT2D eigenvalue weighted by Gasteiger charge is -2.24. The Kier molecular flexibility index (Phi) is 7.84. The van der Waals surface area contributed by atoms with Gasteiger partial charge in [0.25, 0.3) is 11.8 Å². The maximum atomic E-state index is 11.3. The molecule has 0 fully saturated rings. The minimum absolute atomic E-state index is 0.194. The van der Waals surface area contributed by atoms with Crippen molar-refractivity contribution in [1.82, 2.24) is 4.90 Å². The van der Waals surface area contributed by atoms with E-state index in [1.165, 1.54) is 0 Å². The predicted molar refractivity (Wildman–Crippen MR) is 72.0 cm³/mol. The average molecular weight is 375 g/mol. The van der Waals surface area contributed by atoms with Crippen molar-refractivity contribution in [2.24, 2.45) is 0 Å². The van der Waals surface area contributed by atoms with Gasteiger partial charge in [-0.25, -0.2) is 4.57 Å². The first-order valence-electron chi connectivity index (χ1n) is 5.98. The van der Waals surface area contributed by atoms with Crippen LogP contribution in [0.15, 0.2) is 12.2 Å². The molecule has 1 aliphatic rings. The van der Waals surface area contributed by atoms with Crippen LogP contribution >= 0.6 is 16.4 Å². The second-order valence-electron chi connectivity index (χ2n) is 4.11. The number of hydrogen-bond acceptors (Lipinski definition) is 9. The zero-order valence-corrected chi connectivity index (χ0v) is 13.2. The lowest BCUT2D eigenvalue weighted by molar-refractivity contribution is -0.167. The highest BCUT2D eigenvalue weighted by molar-refractivity contribution is 7.46. The van der Waals surface area contributed by atoms with E-state index >= 15 is 0 Å². The topological polar surface area (TPSA) is 183 Å². The molecule has 0 saturated carbocycles. The highest BCUT2D eigenvalue weighted by Crippen LogP contribution is 2.37. The number of aliphatic hydroxyl groups is 1. The van der Waals surface area contributed by atoms with Crippen LogP contribution in [0.1, 0.15) is 0 Å². The normalized spacial score (nSPS) is 18.1. The van der Waals surface area contributed by atoms with E-state index in [2.05, 4.69) is 9.05 Å². The van der Waals surface area contributed by atoms with Gasteiger partial charge in [0.15, 0.2) is 6.29 Å². The standard InChI is InChI=1S/C9H15NO11P2/c11-7-1-2-8(12)10(7)3-4-19-9(13)6(21-22(14)15)5-20-23(16,17)18/h1-2,6,9,13-15H,3-5H2,(H2,16,17,18). The predicted octanol–water partition coefficient (Wildman–Crippen LogP) is -2.05. The fourth-order valence-electron chi connectivity index (χ4n) is 1.48. The van der Waals surface area contributed by atoms with E-state index in [0.717, 1.165) is 17.1 Å². The van der Waals surface area contributed by atoms with Gasteiger partial charge in [0.1, 0.15) is 6.10 Å². The number of nitrogens with zero attached hydrogens (tertiary/aromatic N) is 1. The maximum Gasteiger partial charge on any atom is 0.469 e. The Hall–Kier alpha value is -0.780. The molecule has 0 saturated heterocycles. The number of amides is 2. The fourth-order valence-corrected chi connectivity index (χ4v) is 2.23. The van der Waals surface area contributed by atoms with Crippen LogP contribution < -0.4 is 0 Å². The van der Waals surface area contributed by atoms with Crippen LogP contribution in [0.3, 0.4) is 0 Å². The number of imide groups is 1. The van der Waals surface area contributed by atoms with Gasteiger partial charge in [-0.3, -0.25) is 19.0 Å². The molecular formula is C9H15NO11P2. The number of rotatable bonds is 10.